The average molecular weight is 244 g/mol. The summed E-state index contributed by atoms with van der Waals surface area (Å²) >= 11 is 0. The molecule has 100 valence electrons. The quantitative estimate of drug-likeness (QED) is 0.690. The van der Waals surface area contributed by atoms with Crippen LogP contribution in [0.25, 0.3) is 0 Å². The van der Waals surface area contributed by atoms with Gasteiger partial charge in [0.1, 0.15) is 0 Å². The Morgan fingerprint density at radius 1 is 1.12 bits per heavy atom. The molecule has 4 nitrogen and oxygen atoms in total. The van der Waals surface area contributed by atoms with Crippen molar-refractivity contribution >= 4 is 0 Å². The van der Waals surface area contributed by atoms with E-state index in [1.54, 1.807) is 0 Å². The second-order valence-corrected chi connectivity index (χ2v) is 5.15. The van der Waals surface area contributed by atoms with Crippen molar-refractivity contribution in [3.05, 3.63) is 0 Å². The van der Waals surface area contributed by atoms with Gasteiger partial charge in [-0.05, 0) is 26.2 Å². The number of hydrogen-bond donors (Lipinski definition) is 1. The lowest BCUT2D eigenvalue weighted by molar-refractivity contribution is -0.122. The fourth-order valence-corrected chi connectivity index (χ4v) is 2.84. The number of fused-ring (bicyclic) bond motifs is 2. The molecule has 2 unspecified atom stereocenters. The Labute approximate surface area is 103 Å². The van der Waals surface area contributed by atoms with E-state index in [2.05, 4.69) is 0 Å². The molecule has 0 aromatic rings. The summed E-state index contributed by atoms with van der Waals surface area (Å²) in [6.07, 6.45) is 5.05. The SMILES string of the molecule is CCOCCOCCC1(O)CC2CCC(C1)O2. The number of hydrogen-bond acceptors (Lipinski definition) is 4. The van der Waals surface area contributed by atoms with Crippen LogP contribution in [0.1, 0.15) is 39.0 Å². The number of aliphatic hydroxyl groups is 1. The second kappa shape index (κ2) is 6.14. The number of ether oxygens (including phenoxy) is 3. The van der Waals surface area contributed by atoms with Crippen LogP contribution in [0.2, 0.25) is 0 Å². The minimum absolute atomic E-state index is 0.280. The molecule has 0 saturated carbocycles. The number of rotatable bonds is 7. The van der Waals surface area contributed by atoms with E-state index in [0.29, 0.717) is 19.8 Å². The Hall–Kier alpha value is -0.160. The Morgan fingerprint density at radius 2 is 1.76 bits per heavy atom. The van der Waals surface area contributed by atoms with Crippen molar-refractivity contribution in [3.8, 4) is 0 Å². The van der Waals surface area contributed by atoms with Gasteiger partial charge in [-0.15, -0.1) is 0 Å². The van der Waals surface area contributed by atoms with Crippen LogP contribution < -0.4 is 0 Å². The zero-order valence-corrected chi connectivity index (χ0v) is 10.7. The molecule has 0 aliphatic carbocycles. The van der Waals surface area contributed by atoms with Gasteiger partial charge in [0.2, 0.25) is 0 Å². The molecule has 0 aromatic carbocycles. The molecule has 2 atom stereocenters. The van der Waals surface area contributed by atoms with Crippen LogP contribution in [0.15, 0.2) is 0 Å². The van der Waals surface area contributed by atoms with Crippen LogP contribution in [0.4, 0.5) is 0 Å². The van der Waals surface area contributed by atoms with Crippen LogP contribution in [0.5, 0.6) is 0 Å². The van der Waals surface area contributed by atoms with Crippen LogP contribution in [0.3, 0.4) is 0 Å². The van der Waals surface area contributed by atoms with Crippen molar-refractivity contribution in [2.45, 2.75) is 56.8 Å². The second-order valence-electron chi connectivity index (χ2n) is 5.15. The molecule has 4 heteroatoms. The minimum Gasteiger partial charge on any atom is -0.390 e. The molecule has 2 fully saturated rings. The van der Waals surface area contributed by atoms with Gasteiger partial charge in [-0.25, -0.2) is 0 Å². The van der Waals surface area contributed by atoms with E-state index in [0.717, 1.165) is 38.7 Å². The standard InChI is InChI=1S/C13H24O4/c1-2-15-7-8-16-6-5-13(14)9-11-3-4-12(10-13)17-11/h11-12,14H,2-10H2,1H3. The Morgan fingerprint density at radius 3 is 2.41 bits per heavy atom. The van der Waals surface area contributed by atoms with Gasteiger partial charge < -0.3 is 19.3 Å². The van der Waals surface area contributed by atoms with Crippen molar-refractivity contribution in [3.63, 3.8) is 0 Å². The van der Waals surface area contributed by atoms with E-state index in [9.17, 15) is 5.11 Å². The highest BCUT2D eigenvalue weighted by atomic mass is 16.5. The third-order valence-electron chi connectivity index (χ3n) is 3.70. The summed E-state index contributed by atoms with van der Waals surface area (Å²) in [6, 6.07) is 0. The molecule has 0 spiro atoms. The van der Waals surface area contributed by atoms with E-state index in [1.165, 1.54) is 0 Å². The highest BCUT2D eigenvalue weighted by Crippen LogP contribution is 2.39. The summed E-state index contributed by atoms with van der Waals surface area (Å²) < 4.78 is 16.4. The summed E-state index contributed by atoms with van der Waals surface area (Å²) in [7, 11) is 0. The van der Waals surface area contributed by atoms with Crippen molar-refractivity contribution in [2.24, 2.45) is 0 Å². The normalized spacial score (nSPS) is 36.4. The van der Waals surface area contributed by atoms with Crippen molar-refractivity contribution < 1.29 is 19.3 Å². The summed E-state index contributed by atoms with van der Waals surface area (Å²) in [6.45, 7) is 4.58. The lowest BCUT2D eigenvalue weighted by Gasteiger charge is -2.36. The first-order valence-electron chi connectivity index (χ1n) is 6.75. The van der Waals surface area contributed by atoms with Crippen molar-refractivity contribution in [1.82, 2.24) is 0 Å². The monoisotopic (exact) mass is 244 g/mol. The summed E-state index contributed by atoms with van der Waals surface area (Å²) in [5, 5.41) is 10.5. The summed E-state index contributed by atoms with van der Waals surface area (Å²) in [5.74, 6) is 0. The zero-order valence-electron chi connectivity index (χ0n) is 10.7. The minimum atomic E-state index is -0.560. The third-order valence-corrected chi connectivity index (χ3v) is 3.70. The fourth-order valence-electron chi connectivity index (χ4n) is 2.84. The fraction of sp³-hybridized carbons (Fsp3) is 1.00. The van der Waals surface area contributed by atoms with Crippen LogP contribution in [-0.2, 0) is 14.2 Å². The Kier molecular flexibility index (Phi) is 4.79. The van der Waals surface area contributed by atoms with E-state index >= 15 is 0 Å². The van der Waals surface area contributed by atoms with E-state index < -0.39 is 5.60 Å². The maximum absolute atomic E-state index is 10.5. The molecule has 2 bridgehead atoms. The molecule has 1 N–H and O–H groups in total. The van der Waals surface area contributed by atoms with Gasteiger partial charge in [0.15, 0.2) is 0 Å². The largest absolute Gasteiger partial charge is 0.390 e. The lowest BCUT2D eigenvalue weighted by Crippen LogP contribution is -2.41. The van der Waals surface area contributed by atoms with Crippen molar-refractivity contribution in [1.29, 1.82) is 0 Å². The van der Waals surface area contributed by atoms with Gasteiger partial charge in [0.05, 0.1) is 31.0 Å². The molecular formula is C13H24O4. The first kappa shape index (κ1) is 13.3. The molecule has 2 heterocycles. The highest BCUT2D eigenvalue weighted by Gasteiger charge is 2.43. The summed E-state index contributed by atoms with van der Waals surface area (Å²) in [4.78, 5) is 0. The van der Waals surface area contributed by atoms with Gasteiger partial charge in [-0.1, -0.05) is 0 Å². The average Bonchev–Trinajstić information content (AvgIpc) is 2.64. The van der Waals surface area contributed by atoms with E-state index in [4.69, 9.17) is 14.2 Å². The van der Waals surface area contributed by atoms with E-state index in [1.807, 2.05) is 6.92 Å². The van der Waals surface area contributed by atoms with Crippen LogP contribution in [0, 0.1) is 0 Å². The Bertz CT molecular complexity index is 219. The predicted molar refractivity (Wildman–Crippen MR) is 64.0 cm³/mol. The molecule has 0 aromatic heterocycles. The molecule has 17 heavy (non-hydrogen) atoms. The molecule has 2 rings (SSSR count). The molecule has 2 aliphatic rings. The van der Waals surface area contributed by atoms with Gasteiger partial charge in [-0.2, -0.15) is 0 Å². The maximum Gasteiger partial charge on any atom is 0.0719 e. The molecule has 0 radical (unpaired) electrons. The van der Waals surface area contributed by atoms with Gasteiger partial charge in [-0.3, -0.25) is 0 Å². The molecule has 2 saturated heterocycles. The smallest absolute Gasteiger partial charge is 0.0719 e. The third kappa shape index (κ3) is 3.91. The first-order chi connectivity index (χ1) is 8.22. The van der Waals surface area contributed by atoms with Crippen molar-refractivity contribution in [2.75, 3.05) is 26.4 Å². The molecule has 0 amide bonds. The van der Waals surface area contributed by atoms with Gasteiger partial charge in [0, 0.05) is 26.1 Å². The van der Waals surface area contributed by atoms with Crippen LogP contribution in [-0.4, -0.2) is 49.3 Å². The lowest BCUT2D eigenvalue weighted by atomic mass is 9.87. The molecule has 2 aliphatic heterocycles. The Balaban J connectivity index is 1.61. The van der Waals surface area contributed by atoms with Crippen LogP contribution >= 0.6 is 0 Å². The van der Waals surface area contributed by atoms with Gasteiger partial charge >= 0.3 is 0 Å². The highest BCUT2D eigenvalue weighted by molar-refractivity contribution is 4.94. The predicted octanol–water partition coefficient (Wildman–Crippen LogP) is 1.50. The van der Waals surface area contributed by atoms with Gasteiger partial charge in [0.25, 0.3) is 0 Å². The zero-order chi connectivity index (χ0) is 12.1. The van der Waals surface area contributed by atoms with E-state index in [-0.39, 0.29) is 12.2 Å². The maximum atomic E-state index is 10.5. The first-order valence-corrected chi connectivity index (χ1v) is 6.75. The molecular weight excluding hydrogens is 220 g/mol. The topological polar surface area (TPSA) is 47.9 Å². The summed E-state index contributed by atoms with van der Waals surface area (Å²) in [5.41, 5.74) is -0.560.